The van der Waals surface area contributed by atoms with Crippen LogP contribution in [0, 0.1) is 0 Å². The summed E-state index contributed by atoms with van der Waals surface area (Å²) in [7, 11) is 3.12. The van der Waals surface area contributed by atoms with Gasteiger partial charge in [-0.1, -0.05) is 32.9 Å². The number of amides is 2. The van der Waals surface area contributed by atoms with E-state index in [1.165, 1.54) is 5.56 Å². The number of hydrogen-bond donors (Lipinski definition) is 1. The number of carbonyl (C=O) groups is 2. The summed E-state index contributed by atoms with van der Waals surface area (Å²) in [4.78, 5) is 26.8. The number of anilines is 1. The van der Waals surface area contributed by atoms with Gasteiger partial charge < -0.3 is 19.7 Å². The van der Waals surface area contributed by atoms with Gasteiger partial charge in [0.1, 0.15) is 0 Å². The third-order valence-corrected chi connectivity index (χ3v) is 5.15. The molecule has 2 amide bonds. The van der Waals surface area contributed by atoms with Crippen molar-refractivity contribution in [2.75, 3.05) is 25.7 Å². The van der Waals surface area contributed by atoms with Crippen molar-refractivity contribution in [3.05, 3.63) is 53.6 Å². The predicted molar refractivity (Wildman–Crippen MR) is 113 cm³/mol. The monoisotopic (exact) mass is 396 g/mol. The van der Waals surface area contributed by atoms with Crippen molar-refractivity contribution in [2.24, 2.45) is 0 Å². The van der Waals surface area contributed by atoms with Crippen molar-refractivity contribution in [1.82, 2.24) is 5.32 Å². The van der Waals surface area contributed by atoms with Crippen LogP contribution in [0.4, 0.5) is 5.69 Å². The normalized spacial score (nSPS) is 16.7. The van der Waals surface area contributed by atoms with Gasteiger partial charge in [-0.25, -0.2) is 0 Å². The molecule has 29 heavy (non-hydrogen) atoms. The predicted octanol–water partition coefficient (Wildman–Crippen LogP) is 3.54. The molecule has 1 heterocycles. The molecule has 0 radical (unpaired) electrons. The Labute approximate surface area is 171 Å². The summed E-state index contributed by atoms with van der Waals surface area (Å²) >= 11 is 0. The lowest BCUT2D eigenvalue weighted by Crippen LogP contribution is -2.37. The van der Waals surface area contributed by atoms with Crippen LogP contribution in [0.25, 0.3) is 0 Å². The van der Waals surface area contributed by atoms with E-state index in [1.807, 2.05) is 30.3 Å². The second-order valence-corrected chi connectivity index (χ2v) is 8.25. The number of nitrogens with one attached hydrogen (secondary N) is 1. The third-order valence-electron chi connectivity index (χ3n) is 5.15. The lowest BCUT2D eigenvalue weighted by atomic mass is 9.86. The number of benzene rings is 2. The van der Waals surface area contributed by atoms with E-state index in [4.69, 9.17) is 9.47 Å². The Morgan fingerprint density at radius 3 is 2.28 bits per heavy atom. The minimum atomic E-state index is -0.245. The number of ether oxygens (including phenoxy) is 2. The summed E-state index contributed by atoms with van der Waals surface area (Å²) in [5.74, 6) is 0.957. The number of methoxy groups -OCH3 is 2. The Hall–Kier alpha value is -3.02. The molecule has 6 heteroatoms. The van der Waals surface area contributed by atoms with Gasteiger partial charge in [0.25, 0.3) is 5.91 Å². The summed E-state index contributed by atoms with van der Waals surface area (Å²) in [5, 5.41) is 2.98. The van der Waals surface area contributed by atoms with E-state index in [1.54, 1.807) is 31.3 Å². The van der Waals surface area contributed by atoms with Crippen molar-refractivity contribution in [3.8, 4) is 11.5 Å². The van der Waals surface area contributed by atoms with Crippen molar-refractivity contribution in [1.29, 1.82) is 0 Å². The topological polar surface area (TPSA) is 67.9 Å². The third kappa shape index (κ3) is 4.53. The molecular weight excluding hydrogens is 368 g/mol. The smallest absolute Gasteiger partial charge is 0.251 e. The van der Waals surface area contributed by atoms with E-state index in [0.717, 1.165) is 5.69 Å². The molecule has 0 aliphatic carbocycles. The molecule has 0 spiro atoms. The molecule has 1 aliphatic rings. The zero-order chi connectivity index (χ0) is 21.2. The fourth-order valence-corrected chi connectivity index (χ4v) is 3.44. The van der Waals surface area contributed by atoms with Gasteiger partial charge in [0.05, 0.1) is 20.3 Å². The average Bonchev–Trinajstić information content (AvgIpc) is 3.06. The Balaban J connectivity index is 1.68. The highest BCUT2D eigenvalue weighted by Gasteiger charge is 2.32. The van der Waals surface area contributed by atoms with Crippen molar-refractivity contribution in [2.45, 2.75) is 38.6 Å². The highest BCUT2D eigenvalue weighted by molar-refractivity contribution is 5.99. The van der Waals surface area contributed by atoms with E-state index in [2.05, 4.69) is 26.1 Å². The van der Waals surface area contributed by atoms with Gasteiger partial charge in [-0.05, 0) is 35.2 Å². The van der Waals surface area contributed by atoms with Crippen LogP contribution < -0.4 is 19.7 Å². The van der Waals surface area contributed by atoms with Crippen LogP contribution >= 0.6 is 0 Å². The van der Waals surface area contributed by atoms with Gasteiger partial charge in [0.2, 0.25) is 5.91 Å². The maximum Gasteiger partial charge on any atom is 0.251 e. The molecule has 3 rings (SSSR count). The molecule has 2 aromatic carbocycles. The standard InChI is InChI=1S/C23H28N2O4/c1-23(2,3)16-8-6-15(7-9-16)22(27)24-17-12-21(26)25(14-17)18-10-11-19(28-4)20(13-18)29-5/h6-11,13,17H,12,14H2,1-5H3,(H,24,27). The number of nitrogens with zero attached hydrogens (tertiary/aromatic N) is 1. The fourth-order valence-electron chi connectivity index (χ4n) is 3.44. The summed E-state index contributed by atoms with van der Waals surface area (Å²) in [6.07, 6.45) is 0.264. The second kappa shape index (κ2) is 8.15. The Bertz CT molecular complexity index is 900. The van der Waals surface area contributed by atoms with Gasteiger partial charge >= 0.3 is 0 Å². The van der Waals surface area contributed by atoms with Crippen LogP contribution in [0.3, 0.4) is 0 Å². The van der Waals surface area contributed by atoms with Crippen LogP contribution in [0.2, 0.25) is 0 Å². The first-order chi connectivity index (χ1) is 13.7. The molecule has 0 bridgehead atoms. The Kier molecular flexibility index (Phi) is 5.82. The lowest BCUT2D eigenvalue weighted by molar-refractivity contribution is -0.117. The van der Waals surface area contributed by atoms with Crippen LogP contribution in [-0.4, -0.2) is 38.6 Å². The highest BCUT2D eigenvalue weighted by atomic mass is 16.5. The van der Waals surface area contributed by atoms with Crippen molar-refractivity contribution in [3.63, 3.8) is 0 Å². The van der Waals surface area contributed by atoms with Gasteiger partial charge in [-0.15, -0.1) is 0 Å². The average molecular weight is 396 g/mol. The first-order valence-corrected chi connectivity index (χ1v) is 9.66. The number of hydrogen-bond acceptors (Lipinski definition) is 4. The molecule has 6 nitrogen and oxygen atoms in total. The molecule has 1 aliphatic heterocycles. The first kappa shape index (κ1) is 20.7. The van der Waals surface area contributed by atoms with Gasteiger partial charge in [0, 0.05) is 30.3 Å². The SMILES string of the molecule is COc1ccc(N2CC(NC(=O)c3ccc(C(C)(C)C)cc3)CC2=O)cc1OC. The van der Waals surface area contributed by atoms with E-state index in [9.17, 15) is 9.59 Å². The lowest BCUT2D eigenvalue weighted by Gasteiger charge is -2.20. The van der Waals surface area contributed by atoms with E-state index in [0.29, 0.717) is 23.6 Å². The van der Waals surface area contributed by atoms with E-state index in [-0.39, 0.29) is 29.7 Å². The fraction of sp³-hybridized carbons (Fsp3) is 0.391. The molecule has 0 saturated carbocycles. The molecule has 1 atom stereocenters. The highest BCUT2D eigenvalue weighted by Crippen LogP contribution is 2.33. The van der Waals surface area contributed by atoms with Gasteiger partial charge in [-0.3, -0.25) is 9.59 Å². The first-order valence-electron chi connectivity index (χ1n) is 9.66. The zero-order valence-corrected chi connectivity index (χ0v) is 17.6. The van der Waals surface area contributed by atoms with Crippen molar-refractivity contribution >= 4 is 17.5 Å². The van der Waals surface area contributed by atoms with Crippen LogP contribution in [0.1, 0.15) is 43.1 Å². The number of carbonyl (C=O) groups excluding carboxylic acids is 2. The Morgan fingerprint density at radius 2 is 1.69 bits per heavy atom. The summed E-state index contributed by atoms with van der Waals surface area (Å²) in [5.41, 5.74) is 2.52. The largest absolute Gasteiger partial charge is 0.493 e. The van der Waals surface area contributed by atoms with Crippen molar-refractivity contribution < 1.29 is 19.1 Å². The summed E-state index contributed by atoms with van der Waals surface area (Å²) in [6, 6.07) is 12.7. The van der Waals surface area contributed by atoms with Crippen LogP contribution in [0.5, 0.6) is 11.5 Å². The maximum atomic E-state index is 12.6. The quantitative estimate of drug-likeness (QED) is 0.839. The van der Waals surface area contributed by atoms with Crippen LogP contribution in [-0.2, 0) is 10.2 Å². The second-order valence-electron chi connectivity index (χ2n) is 8.25. The molecule has 0 aromatic heterocycles. The molecule has 1 fully saturated rings. The summed E-state index contributed by atoms with van der Waals surface area (Å²) < 4.78 is 10.6. The molecule has 1 unspecified atom stereocenters. The minimum Gasteiger partial charge on any atom is -0.493 e. The van der Waals surface area contributed by atoms with Gasteiger partial charge in [0.15, 0.2) is 11.5 Å². The number of rotatable bonds is 5. The zero-order valence-electron chi connectivity index (χ0n) is 17.6. The molecule has 1 saturated heterocycles. The summed E-state index contributed by atoms with van der Waals surface area (Å²) in [6.45, 7) is 6.82. The Morgan fingerprint density at radius 1 is 1.03 bits per heavy atom. The minimum absolute atomic E-state index is 0.0345. The van der Waals surface area contributed by atoms with Gasteiger partial charge in [-0.2, -0.15) is 0 Å². The molecule has 154 valence electrons. The van der Waals surface area contributed by atoms with Crippen LogP contribution in [0.15, 0.2) is 42.5 Å². The molecule has 1 N–H and O–H groups in total. The molecular formula is C23H28N2O4. The maximum absolute atomic E-state index is 12.6. The van der Waals surface area contributed by atoms with E-state index >= 15 is 0 Å². The van der Waals surface area contributed by atoms with E-state index < -0.39 is 0 Å². The molecule has 2 aromatic rings.